The summed E-state index contributed by atoms with van der Waals surface area (Å²) in [6.07, 6.45) is 0.331. The zero-order chi connectivity index (χ0) is 12.2. The molecule has 0 radical (unpaired) electrons. The monoisotopic (exact) mass is 232 g/mol. The first kappa shape index (κ1) is 15.8. The Kier molecular flexibility index (Phi) is 11.2. The Morgan fingerprint density at radius 2 is 1.88 bits per heavy atom. The second kappa shape index (κ2) is 11.3. The molecule has 4 nitrogen and oxygen atoms in total. The minimum Gasteiger partial charge on any atom is -0.380 e. The molecule has 0 heterocycles. The highest BCUT2D eigenvalue weighted by Crippen LogP contribution is 1.88. The van der Waals surface area contributed by atoms with Crippen LogP contribution in [0.3, 0.4) is 0 Å². The Hall–Kier alpha value is -0.160. The number of ether oxygens (including phenoxy) is 2. The first-order valence-electron chi connectivity index (χ1n) is 6.25. The van der Waals surface area contributed by atoms with Crippen LogP contribution >= 0.6 is 0 Å². The average Bonchev–Trinajstić information content (AvgIpc) is 2.22. The summed E-state index contributed by atoms with van der Waals surface area (Å²) in [5, 5.41) is 3.34. The van der Waals surface area contributed by atoms with Crippen LogP contribution in [0.5, 0.6) is 0 Å². The molecule has 0 atom stereocenters. The summed E-state index contributed by atoms with van der Waals surface area (Å²) in [4.78, 5) is 2.27. The van der Waals surface area contributed by atoms with Crippen LogP contribution in [0, 0.1) is 0 Å². The van der Waals surface area contributed by atoms with Crippen LogP contribution in [-0.4, -0.2) is 64.1 Å². The number of nitrogens with one attached hydrogen (secondary N) is 1. The van der Waals surface area contributed by atoms with E-state index in [2.05, 4.69) is 31.1 Å². The van der Waals surface area contributed by atoms with Gasteiger partial charge in [0.1, 0.15) is 0 Å². The van der Waals surface area contributed by atoms with Gasteiger partial charge in [-0.1, -0.05) is 0 Å². The van der Waals surface area contributed by atoms with Gasteiger partial charge in [0.15, 0.2) is 0 Å². The summed E-state index contributed by atoms with van der Waals surface area (Å²) in [5.41, 5.74) is 0. The SMILES string of the molecule is CCOCCNCCN(C)CCOC(C)C. The molecule has 0 aromatic heterocycles. The number of rotatable bonds is 11. The van der Waals surface area contributed by atoms with Crippen molar-refractivity contribution in [1.29, 1.82) is 0 Å². The maximum atomic E-state index is 5.49. The maximum absolute atomic E-state index is 5.49. The van der Waals surface area contributed by atoms with Crippen LogP contribution < -0.4 is 5.32 Å². The van der Waals surface area contributed by atoms with Gasteiger partial charge in [0, 0.05) is 32.8 Å². The first-order valence-corrected chi connectivity index (χ1v) is 6.25. The molecule has 0 aromatic carbocycles. The minimum atomic E-state index is 0.331. The molecule has 0 saturated heterocycles. The molecule has 98 valence electrons. The molecule has 0 unspecified atom stereocenters. The van der Waals surface area contributed by atoms with E-state index in [-0.39, 0.29) is 0 Å². The van der Waals surface area contributed by atoms with Crippen molar-refractivity contribution < 1.29 is 9.47 Å². The maximum Gasteiger partial charge on any atom is 0.0596 e. The number of hydrogen-bond acceptors (Lipinski definition) is 4. The van der Waals surface area contributed by atoms with Gasteiger partial charge in [-0.15, -0.1) is 0 Å². The molecule has 0 rings (SSSR count). The molecule has 0 aromatic rings. The van der Waals surface area contributed by atoms with Crippen LogP contribution in [0.2, 0.25) is 0 Å². The topological polar surface area (TPSA) is 33.7 Å². The van der Waals surface area contributed by atoms with Crippen molar-refractivity contribution in [1.82, 2.24) is 10.2 Å². The summed E-state index contributed by atoms with van der Waals surface area (Å²) in [6.45, 7) is 12.5. The summed E-state index contributed by atoms with van der Waals surface area (Å²) in [6, 6.07) is 0. The van der Waals surface area contributed by atoms with Gasteiger partial charge in [-0.3, -0.25) is 0 Å². The van der Waals surface area contributed by atoms with Gasteiger partial charge in [-0.05, 0) is 27.8 Å². The van der Waals surface area contributed by atoms with Crippen molar-refractivity contribution in [2.45, 2.75) is 26.9 Å². The molecule has 1 N–H and O–H groups in total. The van der Waals surface area contributed by atoms with Crippen LogP contribution in [-0.2, 0) is 9.47 Å². The van der Waals surface area contributed by atoms with Gasteiger partial charge in [0.05, 0.1) is 19.3 Å². The molecular weight excluding hydrogens is 204 g/mol. The fraction of sp³-hybridized carbons (Fsp3) is 1.00. The highest BCUT2D eigenvalue weighted by molar-refractivity contribution is 4.54. The van der Waals surface area contributed by atoms with Crippen LogP contribution in [0.1, 0.15) is 20.8 Å². The van der Waals surface area contributed by atoms with E-state index < -0.39 is 0 Å². The molecule has 0 saturated carbocycles. The number of nitrogens with zero attached hydrogens (tertiary/aromatic N) is 1. The summed E-state index contributed by atoms with van der Waals surface area (Å²) in [5.74, 6) is 0. The van der Waals surface area contributed by atoms with Crippen LogP contribution in [0.4, 0.5) is 0 Å². The molecule has 0 aliphatic carbocycles. The lowest BCUT2D eigenvalue weighted by Crippen LogP contribution is -2.33. The predicted molar refractivity (Wildman–Crippen MR) is 67.9 cm³/mol. The van der Waals surface area contributed by atoms with E-state index in [9.17, 15) is 0 Å². The highest BCUT2D eigenvalue weighted by Gasteiger charge is 1.99. The third kappa shape index (κ3) is 11.9. The normalized spacial score (nSPS) is 11.6. The molecular formula is C12H28N2O2. The first-order chi connectivity index (χ1) is 7.66. The molecule has 0 amide bonds. The zero-order valence-corrected chi connectivity index (χ0v) is 11.3. The average molecular weight is 232 g/mol. The molecule has 0 aliphatic heterocycles. The fourth-order valence-corrected chi connectivity index (χ4v) is 1.24. The molecule has 0 bridgehead atoms. The van der Waals surface area contributed by atoms with Gasteiger partial charge in [-0.2, -0.15) is 0 Å². The van der Waals surface area contributed by atoms with Crippen molar-refractivity contribution in [3.8, 4) is 0 Å². The third-order valence-corrected chi connectivity index (χ3v) is 2.22. The number of likely N-dealkylation sites (N-methyl/N-ethyl adjacent to an activating group) is 1. The largest absolute Gasteiger partial charge is 0.380 e. The van der Waals surface area contributed by atoms with E-state index in [0.29, 0.717) is 6.10 Å². The van der Waals surface area contributed by atoms with E-state index in [1.54, 1.807) is 0 Å². The summed E-state index contributed by atoms with van der Waals surface area (Å²) < 4.78 is 10.7. The Morgan fingerprint density at radius 1 is 1.12 bits per heavy atom. The predicted octanol–water partition coefficient (Wildman–Crippen LogP) is 0.969. The molecule has 0 spiro atoms. The molecule has 4 heteroatoms. The van der Waals surface area contributed by atoms with Gasteiger partial charge >= 0.3 is 0 Å². The fourth-order valence-electron chi connectivity index (χ4n) is 1.24. The quantitative estimate of drug-likeness (QED) is 0.538. The lowest BCUT2D eigenvalue weighted by molar-refractivity contribution is 0.0639. The Labute approximate surface area is 100 Å². The van der Waals surface area contributed by atoms with Gasteiger partial charge in [-0.25, -0.2) is 0 Å². The highest BCUT2D eigenvalue weighted by atomic mass is 16.5. The standard InChI is InChI=1S/C12H28N2O2/c1-5-15-10-7-13-6-8-14(4)9-11-16-12(2)3/h12-13H,5-11H2,1-4H3. The van der Waals surface area contributed by atoms with E-state index in [4.69, 9.17) is 9.47 Å². The lowest BCUT2D eigenvalue weighted by Gasteiger charge is -2.17. The van der Waals surface area contributed by atoms with Gasteiger partial charge in [0.2, 0.25) is 0 Å². The van der Waals surface area contributed by atoms with E-state index >= 15 is 0 Å². The second-order valence-corrected chi connectivity index (χ2v) is 4.17. The van der Waals surface area contributed by atoms with E-state index in [1.165, 1.54) is 0 Å². The summed E-state index contributed by atoms with van der Waals surface area (Å²) >= 11 is 0. The van der Waals surface area contributed by atoms with Crippen LogP contribution in [0.25, 0.3) is 0 Å². The van der Waals surface area contributed by atoms with Crippen molar-refractivity contribution >= 4 is 0 Å². The van der Waals surface area contributed by atoms with Crippen LogP contribution in [0.15, 0.2) is 0 Å². The summed E-state index contributed by atoms with van der Waals surface area (Å²) in [7, 11) is 2.12. The minimum absolute atomic E-state index is 0.331. The van der Waals surface area contributed by atoms with E-state index in [0.717, 1.165) is 46.0 Å². The number of hydrogen-bond donors (Lipinski definition) is 1. The molecule has 0 fully saturated rings. The Morgan fingerprint density at radius 3 is 2.50 bits per heavy atom. The lowest BCUT2D eigenvalue weighted by atomic mass is 10.4. The molecule has 16 heavy (non-hydrogen) atoms. The van der Waals surface area contributed by atoms with Crippen molar-refractivity contribution in [2.75, 3.05) is 53.0 Å². The smallest absolute Gasteiger partial charge is 0.0596 e. The second-order valence-electron chi connectivity index (χ2n) is 4.17. The van der Waals surface area contributed by atoms with Gasteiger partial charge in [0.25, 0.3) is 0 Å². The van der Waals surface area contributed by atoms with Crippen molar-refractivity contribution in [3.05, 3.63) is 0 Å². The molecule has 0 aliphatic rings. The van der Waals surface area contributed by atoms with E-state index in [1.807, 2.05) is 6.92 Å². The van der Waals surface area contributed by atoms with Gasteiger partial charge < -0.3 is 19.7 Å². The van der Waals surface area contributed by atoms with Crippen molar-refractivity contribution in [2.24, 2.45) is 0 Å². The third-order valence-electron chi connectivity index (χ3n) is 2.22. The zero-order valence-electron chi connectivity index (χ0n) is 11.3. The Bertz CT molecular complexity index is 143. The van der Waals surface area contributed by atoms with Crippen molar-refractivity contribution in [3.63, 3.8) is 0 Å². The Balaban J connectivity index is 3.14.